The van der Waals surface area contributed by atoms with Crippen molar-refractivity contribution in [1.29, 1.82) is 0 Å². The molecule has 0 saturated heterocycles. The summed E-state index contributed by atoms with van der Waals surface area (Å²) in [6.45, 7) is 0.612. The predicted octanol–water partition coefficient (Wildman–Crippen LogP) is 3.89. The molecule has 0 heterocycles. The summed E-state index contributed by atoms with van der Waals surface area (Å²) in [4.78, 5) is 11.8. The zero-order valence-corrected chi connectivity index (χ0v) is 12.4. The lowest BCUT2D eigenvalue weighted by Crippen LogP contribution is -2.27. The van der Waals surface area contributed by atoms with Gasteiger partial charge in [-0.1, -0.05) is 47.5 Å². The monoisotopic (exact) mass is 307 g/mol. The van der Waals surface area contributed by atoms with E-state index in [0.29, 0.717) is 18.0 Å². The minimum Gasteiger partial charge on any atom is -0.355 e. The molecule has 0 saturated carbocycles. The van der Waals surface area contributed by atoms with Gasteiger partial charge in [-0.25, -0.2) is 0 Å². The Hall–Kier alpha value is -1.51. The summed E-state index contributed by atoms with van der Waals surface area (Å²) in [5.74, 6) is 0.00114. The third-order valence-electron chi connectivity index (χ3n) is 2.90. The molecule has 0 aromatic heterocycles. The number of carbonyl (C=O) groups excluding carboxylic acids is 1. The Morgan fingerprint density at radius 2 is 1.70 bits per heavy atom. The van der Waals surface area contributed by atoms with Crippen molar-refractivity contribution >= 4 is 29.1 Å². The van der Waals surface area contributed by atoms with E-state index in [4.69, 9.17) is 23.2 Å². The normalized spacial score (nSPS) is 10.3. The zero-order chi connectivity index (χ0) is 14.4. The molecule has 0 aliphatic rings. The lowest BCUT2D eigenvalue weighted by atomic mass is 10.1. The third-order valence-corrected chi connectivity index (χ3v) is 3.39. The van der Waals surface area contributed by atoms with Gasteiger partial charge in [0.2, 0.25) is 5.91 Å². The van der Waals surface area contributed by atoms with Gasteiger partial charge in [0.15, 0.2) is 0 Å². The number of hydrogen-bond donors (Lipinski definition) is 1. The number of halogens is 2. The van der Waals surface area contributed by atoms with E-state index < -0.39 is 0 Å². The minimum atomic E-state index is 0.00114. The van der Waals surface area contributed by atoms with Gasteiger partial charge in [-0.05, 0) is 41.8 Å². The van der Waals surface area contributed by atoms with Crippen molar-refractivity contribution in [2.24, 2.45) is 0 Å². The number of nitrogens with one attached hydrogen (secondary N) is 1. The van der Waals surface area contributed by atoms with Gasteiger partial charge in [0.25, 0.3) is 0 Å². The molecule has 0 aliphatic carbocycles. The van der Waals surface area contributed by atoms with Gasteiger partial charge in [0.1, 0.15) is 0 Å². The van der Waals surface area contributed by atoms with Crippen LogP contribution in [0, 0.1) is 0 Å². The van der Waals surface area contributed by atoms with E-state index in [9.17, 15) is 4.79 Å². The van der Waals surface area contributed by atoms with E-state index in [-0.39, 0.29) is 5.91 Å². The van der Waals surface area contributed by atoms with Crippen LogP contribution in [0.15, 0.2) is 48.5 Å². The Morgan fingerprint density at radius 3 is 2.40 bits per heavy atom. The number of amides is 1. The first-order valence-electron chi connectivity index (χ1n) is 6.39. The molecule has 0 aliphatic heterocycles. The second-order valence-electron chi connectivity index (χ2n) is 4.53. The summed E-state index contributed by atoms with van der Waals surface area (Å²) in [7, 11) is 0. The number of hydrogen-bond acceptors (Lipinski definition) is 1. The maximum atomic E-state index is 11.8. The van der Waals surface area contributed by atoms with Crippen LogP contribution in [0.1, 0.15) is 11.1 Å². The van der Waals surface area contributed by atoms with Gasteiger partial charge >= 0.3 is 0 Å². The van der Waals surface area contributed by atoms with Crippen LogP contribution in [-0.4, -0.2) is 12.5 Å². The van der Waals surface area contributed by atoms with Crippen molar-refractivity contribution in [3.8, 4) is 0 Å². The predicted molar refractivity (Wildman–Crippen MR) is 83.3 cm³/mol. The molecule has 1 N–H and O–H groups in total. The highest BCUT2D eigenvalue weighted by Crippen LogP contribution is 2.11. The Bertz CT molecular complexity index is 581. The van der Waals surface area contributed by atoms with E-state index >= 15 is 0 Å². The topological polar surface area (TPSA) is 29.1 Å². The Morgan fingerprint density at radius 1 is 0.950 bits per heavy atom. The summed E-state index contributed by atoms with van der Waals surface area (Å²) in [5, 5.41) is 4.27. The van der Waals surface area contributed by atoms with E-state index in [1.807, 2.05) is 36.4 Å². The molecule has 1 amide bonds. The molecule has 4 heteroatoms. The SMILES string of the molecule is O=C(Cc1cccc(Cl)c1)NCCc1ccc(Cl)cc1. The fraction of sp³-hybridized carbons (Fsp3) is 0.188. The molecule has 2 aromatic carbocycles. The number of rotatable bonds is 5. The number of carbonyl (C=O) groups is 1. The van der Waals surface area contributed by atoms with Crippen molar-refractivity contribution in [3.63, 3.8) is 0 Å². The largest absolute Gasteiger partial charge is 0.355 e. The molecule has 0 fully saturated rings. The molecule has 2 nitrogen and oxygen atoms in total. The quantitative estimate of drug-likeness (QED) is 0.892. The first-order chi connectivity index (χ1) is 9.63. The molecule has 20 heavy (non-hydrogen) atoms. The summed E-state index contributed by atoms with van der Waals surface area (Å²) in [5.41, 5.74) is 2.07. The standard InChI is InChI=1S/C16H15Cl2NO/c17-14-6-4-12(5-7-14)8-9-19-16(20)11-13-2-1-3-15(18)10-13/h1-7,10H,8-9,11H2,(H,19,20). The average molecular weight is 308 g/mol. The van der Waals surface area contributed by atoms with Crippen LogP contribution in [0.4, 0.5) is 0 Å². The Labute approximate surface area is 128 Å². The lowest BCUT2D eigenvalue weighted by Gasteiger charge is -2.06. The van der Waals surface area contributed by atoms with E-state index in [1.165, 1.54) is 0 Å². The van der Waals surface area contributed by atoms with E-state index in [2.05, 4.69) is 5.32 Å². The van der Waals surface area contributed by atoms with Crippen LogP contribution >= 0.6 is 23.2 Å². The summed E-state index contributed by atoms with van der Waals surface area (Å²) in [6.07, 6.45) is 1.14. The lowest BCUT2D eigenvalue weighted by molar-refractivity contribution is -0.120. The molecule has 0 unspecified atom stereocenters. The third kappa shape index (κ3) is 4.87. The van der Waals surface area contributed by atoms with Gasteiger partial charge in [-0.15, -0.1) is 0 Å². The summed E-state index contributed by atoms with van der Waals surface area (Å²) in [6, 6.07) is 15.0. The first-order valence-corrected chi connectivity index (χ1v) is 7.14. The van der Waals surface area contributed by atoms with Crippen LogP contribution in [-0.2, 0) is 17.6 Å². The van der Waals surface area contributed by atoms with Crippen LogP contribution in [0.5, 0.6) is 0 Å². The van der Waals surface area contributed by atoms with Gasteiger partial charge in [-0.2, -0.15) is 0 Å². The van der Waals surface area contributed by atoms with Crippen LogP contribution < -0.4 is 5.32 Å². The fourth-order valence-electron chi connectivity index (χ4n) is 1.89. The molecule has 2 rings (SSSR count). The van der Waals surface area contributed by atoms with Gasteiger partial charge < -0.3 is 5.32 Å². The van der Waals surface area contributed by atoms with Crippen molar-refractivity contribution in [3.05, 3.63) is 69.7 Å². The van der Waals surface area contributed by atoms with Crippen molar-refractivity contribution in [1.82, 2.24) is 5.32 Å². The maximum absolute atomic E-state index is 11.8. The molecule has 104 valence electrons. The van der Waals surface area contributed by atoms with E-state index in [1.54, 1.807) is 12.1 Å². The van der Waals surface area contributed by atoms with E-state index in [0.717, 1.165) is 22.6 Å². The highest BCUT2D eigenvalue weighted by atomic mass is 35.5. The fourth-order valence-corrected chi connectivity index (χ4v) is 2.23. The smallest absolute Gasteiger partial charge is 0.224 e. The highest BCUT2D eigenvalue weighted by molar-refractivity contribution is 6.30. The molecule has 0 spiro atoms. The Balaban J connectivity index is 1.76. The number of benzene rings is 2. The first kappa shape index (κ1) is 14.9. The highest BCUT2D eigenvalue weighted by Gasteiger charge is 2.03. The van der Waals surface area contributed by atoms with Crippen LogP contribution in [0.2, 0.25) is 10.0 Å². The molecule has 0 bridgehead atoms. The summed E-state index contributed by atoms with van der Waals surface area (Å²) >= 11 is 11.7. The second kappa shape index (κ2) is 7.32. The zero-order valence-electron chi connectivity index (χ0n) is 10.9. The minimum absolute atomic E-state index is 0.00114. The molecular weight excluding hydrogens is 293 g/mol. The molecule has 2 aromatic rings. The Kier molecular flexibility index (Phi) is 5.45. The van der Waals surface area contributed by atoms with Crippen LogP contribution in [0.3, 0.4) is 0 Å². The van der Waals surface area contributed by atoms with Gasteiger partial charge in [0, 0.05) is 16.6 Å². The average Bonchev–Trinajstić information content (AvgIpc) is 2.41. The van der Waals surface area contributed by atoms with Crippen molar-refractivity contribution in [2.75, 3.05) is 6.54 Å². The van der Waals surface area contributed by atoms with Crippen LogP contribution in [0.25, 0.3) is 0 Å². The molecular formula is C16H15Cl2NO. The van der Waals surface area contributed by atoms with Crippen molar-refractivity contribution < 1.29 is 4.79 Å². The second-order valence-corrected chi connectivity index (χ2v) is 5.41. The maximum Gasteiger partial charge on any atom is 0.224 e. The van der Waals surface area contributed by atoms with Gasteiger partial charge in [-0.3, -0.25) is 4.79 Å². The summed E-state index contributed by atoms with van der Waals surface area (Å²) < 4.78 is 0. The molecule has 0 radical (unpaired) electrons. The van der Waals surface area contributed by atoms with Crippen molar-refractivity contribution in [2.45, 2.75) is 12.8 Å². The van der Waals surface area contributed by atoms with Gasteiger partial charge in [0.05, 0.1) is 6.42 Å². The molecule has 0 atom stereocenters.